The largest absolute Gasteiger partial charge is 0.480 e. The highest BCUT2D eigenvalue weighted by molar-refractivity contribution is 7.85. The van der Waals surface area contributed by atoms with Crippen molar-refractivity contribution < 1.29 is 14.1 Å². The molecule has 6 heteroatoms. The maximum atomic E-state index is 11.7. The molecule has 1 aliphatic heterocycles. The smallest absolute Gasteiger partial charge is 0.321 e. The second-order valence-corrected chi connectivity index (χ2v) is 6.79. The second-order valence-electron chi connectivity index (χ2n) is 4.04. The molecule has 17 heavy (non-hydrogen) atoms. The molecule has 1 saturated heterocycles. The van der Waals surface area contributed by atoms with E-state index in [4.69, 9.17) is 5.11 Å². The average Bonchev–Trinajstić information content (AvgIpc) is 2.76. The molecule has 0 aromatic carbocycles. The number of carbonyl (C=O) groups is 1. The van der Waals surface area contributed by atoms with Crippen LogP contribution in [0.2, 0.25) is 0 Å². The first-order chi connectivity index (χ1) is 8.10. The van der Waals surface area contributed by atoms with Gasteiger partial charge in [-0.1, -0.05) is 6.92 Å². The lowest BCUT2D eigenvalue weighted by Crippen LogP contribution is -2.49. The highest BCUT2D eigenvalue weighted by atomic mass is 32.2. The summed E-state index contributed by atoms with van der Waals surface area (Å²) in [7, 11) is -1.05. The summed E-state index contributed by atoms with van der Waals surface area (Å²) >= 11 is 1.67. The standard InChI is InChI=1S/C11H15NO3S2/c1-2-7-3-4-10(16-7)8-5-17(15)6-9(12-8)11(13)14/h3-4,8-9,12H,2,5-6H2,1H3,(H,13,14). The fraction of sp³-hybridized carbons (Fsp3) is 0.545. The van der Waals surface area contributed by atoms with E-state index in [9.17, 15) is 9.00 Å². The summed E-state index contributed by atoms with van der Waals surface area (Å²) in [5.74, 6) is -0.207. The van der Waals surface area contributed by atoms with Crippen molar-refractivity contribution in [1.82, 2.24) is 5.32 Å². The third-order valence-electron chi connectivity index (χ3n) is 2.78. The Morgan fingerprint density at radius 3 is 2.94 bits per heavy atom. The molecule has 2 rings (SSSR count). The Hall–Kier alpha value is -0.720. The Balaban J connectivity index is 2.14. The van der Waals surface area contributed by atoms with Gasteiger partial charge in [-0.05, 0) is 18.6 Å². The lowest BCUT2D eigenvalue weighted by Gasteiger charge is -2.27. The van der Waals surface area contributed by atoms with Crippen molar-refractivity contribution in [1.29, 1.82) is 0 Å². The third kappa shape index (κ3) is 2.94. The average molecular weight is 273 g/mol. The summed E-state index contributed by atoms with van der Waals surface area (Å²) < 4.78 is 11.7. The third-order valence-corrected chi connectivity index (χ3v) is 5.53. The van der Waals surface area contributed by atoms with Crippen LogP contribution in [0.25, 0.3) is 0 Å². The zero-order valence-corrected chi connectivity index (χ0v) is 11.1. The zero-order valence-electron chi connectivity index (χ0n) is 9.51. The van der Waals surface area contributed by atoms with Crippen LogP contribution in [0.1, 0.15) is 22.7 Å². The first-order valence-electron chi connectivity index (χ1n) is 5.52. The van der Waals surface area contributed by atoms with Gasteiger partial charge in [-0.3, -0.25) is 14.3 Å². The summed E-state index contributed by atoms with van der Waals surface area (Å²) in [5.41, 5.74) is 0. The molecule has 1 aliphatic rings. The lowest BCUT2D eigenvalue weighted by atomic mass is 10.2. The quantitative estimate of drug-likeness (QED) is 0.867. The number of carboxylic acid groups (broad SMARTS) is 1. The molecule has 4 nitrogen and oxygen atoms in total. The van der Waals surface area contributed by atoms with Crippen LogP contribution in [-0.2, 0) is 22.0 Å². The summed E-state index contributed by atoms with van der Waals surface area (Å²) in [6.45, 7) is 2.09. The highest BCUT2D eigenvalue weighted by Crippen LogP contribution is 2.26. The molecule has 0 amide bonds. The number of aliphatic carboxylic acids is 1. The molecule has 3 atom stereocenters. The summed E-state index contributed by atoms with van der Waals surface area (Å²) in [6, 6.07) is 3.27. The van der Waals surface area contributed by atoms with Gasteiger partial charge in [0.25, 0.3) is 0 Å². The maximum Gasteiger partial charge on any atom is 0.321 e. The number of aryl methyl sites for hydroxylation is 1. The van der Waals surface area contributed by atoms with Gasteiger partial charge in [-0.15, -0.1) is 11.3 Å². The molecule has 1 aromatic heterocycles. The highest BCUT2D eigenvalue weighted by Gasteiger charge is 2.31. The van der Waals surface area contributed by atoms with E-state index in [2.05, 4.69) is 18.3 Å². The van der Waals surface area contributed by atoms with Crippen molar-refractivity contribution in [3.05, 3.63) is 21.9 Å². The minimum atomic E-state index is -1.05. The molecule has 3 unspecified atom stereocenters. The Bertz CT molecular complexity index is 444. The molecule has 0 aliphatic carbocycles. The molecule has 0 spiro atoms. The number of hydrogen-bond donors (Lipinski definition) is 2. The van der Waals surface area contributed by atoms with Crippen LogP contribution in [0.3, 0.4) is 0 Å². The van der Waals surface area contributed by atoms with Crippen molar-refractivity contribution in [2.45, 2.75) is 25.4 Å². The van der Waals surface area contributed by atoms with E-state index < -0.39 is 22.8 Å². The Labute approximate surface area is 107 Å². The van der Waals surface area contributed by atoms with Crippen molar-refractivity contribution in [2.24, 2.45) is 0 Å². The number of hydrogen-bond acceptors (Lipinski definition) is 4. The van der Waals surface area contributed by atoms with Crippen LogP contribution in [0.5, 0.6) is 0 Å². The lowest BCUT2D eigenvalue weighted by molar-refractivity contribution is -0.139. The monoisotopic (exact) mass is 273 g/mol. The van der Waals surface area contributed by atoms with Gasteiger partial charge < -0.3 is 5.11 Å². The molecule has 0 saturated carbocycles. The predicted octanol–water partition coefficient (Wildman–Crippen LogP) is 1.16. The SMILES string of the molecule is CCc1ccc(C2CS(=O)CC(C(=O)O)N2)s1. The normalized spacial score (nSPS) is 29.1. The maximum absolute atomic E-state index is 11.7. The van der Waals surface area contributed by atoms with Crippen LogP contribution in [0.15, 0.2) is 12.1 Å². The molecule has 0 bridgehead atoms. The summed E-state index contributed by atoms with van der Waals surface area (Å²) in [6.07, 6.45) is 0.975. The number of thiophene rings is 1. The van der Waals surface area contributed by atoms with Crippen molar-refractivity contribution in [2.75, 3.05) is 11.5 Å². The van der Waals surface area contributed by atoms with Gasteiger partial charge in [0.1, 0.15) is 6.04 Å². The Morgan fingerprint density at radius 1 is 1.59 bits per heavy atom. The van der Waals surface area contributed by atoms with E-state index in [0.29, 0.717) is 5.75 Å². The summed E-state index contributed by atoms with van der Waals surface area (Å²) in [5, 5.41) is 12.0. The van der Waals surface area contributed by atoms with Crippen molar-refractivity contribution >= 4 is 28.1 Å². The van der Waals surface area contributed by atoms with Gasteiger partial charge in [-0.2, -0.15) is 0 Å². The van der Waals surface area contributed by atoms with E-state index in [1.165, 1.54) is 4.88 Å². The fourth-order valence-electron chi connectivity index (χ4n) is 1.86. The van der Waals surface area contributed by atoms with E-state index in [-0.39, 0.29) is 11.8 Å². The molecule has 1 fully saturated rings. The van der Waals surface area contributed by atoms with Crippen LogP contribution in [-0.4, -0.2) is 32.8 Å². The second kappa shape index (κ2) is 5.29. The van der Waals surface area contributed by atoms with Gasteiger partial charge in [-0.25, -0.2) is 0 Å². The molecule has 0 radical (unpaired) electrons. The number of nitrogens with one attached hydrogen (secondary N) is 1. The van der Waals surface area contributed by atoms with E-state index >= 15 is 0 Å². The van der Waals surface area contributed by atoms with E-state index in [0.717, 1.165) is 11.3 Å². The zero-order chi connectivity index (χ0) is 12.4. The Kier molecular flexibility index (Phi) is 3.96. The van der Waals surface area contributed by atoms with Crippen LogP contribution >= 0.6 is 11.3 Å². The van der Waals surface area contributed by atoms with Gasteiger partial charge >= 0.3 is 5.97 Å². The number of rotatable bonds is 3. The van der Waals surface area contributed by atoms with Crippen molar-refractivity contribution in [3.63, 3.8) is 0 Å². The topological polar surface area (TPSA) is 66.4 Å². The van der Waals surface area contributed by atoms with Gasteiger partial charge in [0.15, 0.2) is 0 Å². The molecule has 1 aromatic rings. The molecule has 2 heterocycles. The molecule has 94 valence electrons. The minimum absolute atomic E-state index is 0.0871. The van der Waals surface area contributed by atoms with Crippen LogP contribution in [0.4, 0.5) is 0 Å². The van der Waals surface area contributed by atoms with E-state index in [1.54, 1.807) is 11.3 Å². The molecule has 2 N–H and O–H groups in total. The molecular weight excluding hydrogens is 258 g/mol. The van der Waals surface area contributed by atoms with Gasteiger partial charge in [0.05, 0.1) is 6.04 Å². The van der Waals surface area contributed by atoms with Gasteiger partial charge in [0, 0.05) is 32.1 Å². The first-order valence-corrected chi connectivity index (χ1v) is 7.83. The Morgan fingerprint density at radius 2 is 2.35 bits per heavy atom. The minimum Gasteiger partial charge on any atom is -0.480 e. The predicted molar refractivity (Wildman–Crippen MR) is 68.9 cm³/mol. The van der Waals surface area contributed by atoms with Gasteiger partial charge in [0.2, 0.25) is 0 Å². The van der Waals surface area contributed by atoms with Crippen LogP contribution in [0, 0.1) is 0 Å². The molecular formula is C11H15NO3S2. The van der Waals surface area contributed by atoms with Crippen LogP contribution < -0.4 is 5.32 Å². The van der Waals surface area contributed by atoms with E-state index in [1.807, 2.05) is 6.07 Å². The first kappa shape index (κ1) is 12.7. The fourth-order valence-corrected chi connectivity index (χ4v) is 4.37. The number of carboxylic acids is 1. The van der Waals surface area contributed by atoms with Crippen molar-refractivity contribution in [3.8, 4) is 0 Å². The summed E-state index contributed by atoms with van der Waals surface area (Å²) in [4.78, 5) is 13.3.